The molecule has 1 fully saturated rings. The number of fused-ring (bicyclic) bond motifs is 1. The smallest absolute Gasteiger partial charge is 0.297 e. The van der Waals surface area contributed by atoms with Crippen LogP contribution in [0.4, 0.5) is 26.3 Å². The van der Waals surface area contributed by atoms with Crippen LogP contribution >= 0.6 is 0 Å². The first-order valence-corrected chi connectivity index (χ1v) is 10.8. The van der Waals surface area contributed by atoms with Crippen LogP contribution in [0, 0.1) is 17.6 Å². The fourth-order valence-corrected chi connectivity index (χ4v) is 3.89. The van der Waals surface area contributed by atoms with Crippen LogP contribution < -0.4 is 9.47 Å². The lowest BCUT2D eigenvalue weighted by Crippen LogP contribution is -2.39. The van der Waals surface area contributed by atoms with Crippen molar-refractivity contribution in [1.29, 1.82) is 0 Å². The number of aromatic nitrogens is 2. The standard InChI is InChI=1S/C22H26F6N2O4/c1-11(6-12(2)31)22(27,28)8-13-4-5-14(9-32-13)34-21-29-19-15(23)7-16(33-10-17(24)25)18(26)20(19)30(21)3/h7,11,13-14,17H,4-6,8-10H2,1-3H3/t11-,13+,14-/m0/s1. The Hall–Kier alpha value is -2.50. The summed E-state index contributed by atoms with van der Waals surface area (Å²) < 4.78 is 99.6. The van der Waals surface area contributed by atoms with E-state index in [4.69, 9.17) is 9.47 Å². The topological polar surface area (TPSA) is 62.6 Å². The van der Waals surface area contributed by atoms with Gasteiger partial charge in [0, 0.05) is 31.9 Å². The van der Waals surface area contributed by atoms with E-state index in [1.165, 1.54) is 20.9 Å². The summed E-state index contributed by atoms with van der Waals surface area (Å²) in [5.41, 5.74) is -0.693. The van der Waals surface area contributed by atoms with Gasteiger partial charge in [-0.3, -0.25) is 4.57 Å². The average molecular weight is 496 g/mol. The van der Waals surface area contributed by atoms with Crippen molar-refractivity contribution in [2.24, 2.45) is 13.0 Å². The van der Waals surface area contributed by atoms with E-state index >= 15 is 0 Å². The summed E-state index contributed by atoms with van der Waals surface area (Å²) in [6.45, 7) is 1.45. The van der Waals surface area contributed by atoms with Crippen LogP contribution in [0.5, 0.6) is 11.8 Å². The molecule has 1 aliphatic rings. The molecule has 0 spiro atoms. The summed E-state index contributed by atoms with van der Waals surface area (Å²) in [4.78, 5) is 15.1. The number of hydrogen-bond acceptors (Lipinski definition) is 5. The molecular weight excluding hydrogens is 470 g/mol. The van der Waals surface area contributed by atoms with Crippen LogP contribution in [-0.2, 0) is 16.6 Å². The Morgan fingerprint density at radius 3 is 2.62 bits per heavy atom. The number of halogens is 6. The number of alkyl halides is 4. The lowest BCUT2D eigenvalue weighted by molar-refractivity contribution is -0.135. The molecule has 6 nitrogen and oxygen atoms in total. The van der Waals surface area contributed by atoms with Crippen molar-refractivity contribution < 1.29 is 45.3 Å². The summed E-state index contributed by atoms with van der Waals surface area (Å²) >= 11 is 0. The van der Waals surface area contributed by atoms with Gasteiger partial charge in [0.05, 0.1) is 12.7 Å². The van der Waals surface area contributed by atoms with E-state index in [1.54, 1.807) is 0 Å². The van der Waals surface area contributed by atoms with Crippen molar-refractivity contribution in [3.63, 3.8) is 0 Å². The minimum absolute atomic E-state index is 0.0429. The number of rotatable bonds is 10. The number of Topliss-reactive ketones (excluding diaryl/α,β-unsaturated/α-hetero) is 1. The van der Waals surface area contributed by atoms with Crippen molar-refractivity contribution >= 4 is 16.8 Å². The quantitative estimate of drug-likeness (QED) is 0.431. The van der Waals surface area contributed by atoms with E-state index in [9.17, 15) is 31.1 Å². The highest BCUT2D eigenvalue weighted by Crippen LogP contribution is 2.36. The average Bonchev–Trinajstić information content (AvgIpc) is 3.07. The second kappa shape index (κ2) is 10.4. The Kier molecular flexibility index (Phi) is 7.99. The molecule has 1 saturated heterocycles. The van der Waals surface area contributed by atoms with Gasteiger partial charge in [-0.1, -0.05) is 6.92 Å². The minimum Gasteiger partial charge on any atom is -0.484 e. The van der Waals surface area contributed by atoms with Gasteiger partial charge in [-0.05, 0) is 19.8 Å². The van der Waals surface area contributed by atoms with E-state index < -0.39 is 60.9 Å². The molecule has 0 bridgehead atoms. The fraction of sp³-hybridized carbons (Fsp3) is 0.636. The van der Waals surface area contributed by atoms with Gasteiger partial charge in [0.25, 0.3) is 18.4 Å². The largest absolute Gasteiger partial charge is 0.484 e. The second-order valence-electron chi connectivity index (χ2n) is 8.57. The third kappa shape index (κ3) is 5.94. The molecule has 1 aromatic carbocycles. The molecular formula is C22H26F6N2O4. The summed E-state index contributed by atoms with van der Waals surface area (Å²) in [6.07, 6.45) is -4.36. The molecule has 0 amide bonds. The molecule has 0 N–H and O–H groups in total. The van der Waals surface area contributed by atoms with E-state index in [1.807, 2.05) is 0 Å². The summed E-state index contributed by atoms with van der Waals surface area (Å²) in [5.74, 6) is -7.21. The van der Waals surface area contributed by atoms with Gasteiger partial charge in [-0.15, -0.1) is 0 Å². The zero-order valence-corrected chi connectivity index (χ0v) is 18.9. The Balaban J connectivity index is 1.66. The Morgan fingerprint density at radius 2 is 2.03 bits per heavy atom. The molecule has 3 atom stereocenters. The van der Waals surface area contributed by atoms with Gasteiger partial charge in [0.1, 0.15) is 29.5 Å². The lowest BCUT2D eigenvalue weighted by atomic mass is 9.91. The van der Waals surface area contributed by atoms with Crippen molar-refractivity contribution in [3.8, 4) is 11.8 Å². The molecule has 1 aromatic heterocycles. The van der Waals surface area contributed by atoms with E-state index in [-0.39, 0.29) is 42.3 Å². The van der Waals surface area contributed by atoms with Crippen molar-refractivity contribution in [2.75, 3.05) is 13.2 Å². The van der Waals surface area contributed by atoms with Crippen LogP contribution in [0.15, 0.2) is 6.07 Å². The number of hydrogen-bond donors (Lipinski definition) is 0. The number of aryl methyl sites for hydroxylation is 1. The van der Waals surface area contributed by atoms with Gasteiger partial charge >= 0.3 is 0 Å². The Morgan fingerprint density at radius 1 is 1.32 bits per heavy atom. The van der Waals surface area contributed by atoms with Gasteiger partial charge in [0.2, 0.25) is 0 Å². The molecule has 190 valence electrons. The number of imidazole rings is 1. The van der Waals surface area contributed by atoms with Crippen LogP contribution in [0.25, 0.3) is 11.0 Å². The third-order valence-corrected chi connectivity index (χ3v) is 5.74. The van der Waals surface area contributed by atoms with Crippen molar-refractivity contribution in [2.45, 2.75) is 64.1 Å². The monoisotopic (exact) mass is 496 g/mol. The highest BCUT2D eigenvalue weighted by atomic mass is 19.3. The molecule has 1 aliphatic heterocycles. The summed E-state index contributed by atoms with van der Waals surface area (Å²) in [5, 5.41) is 0. The summed E-state index contributed by atoms with van der Waals surface area (Å²) in [7, 11) is 1.35. The molecule has 34 heavy (non-hydrogen) atoms. The highest BCUT2D eigenvalue weighted by Gasteiger charge is 2.41. The summed E-state index contributed by atoms with van der Waals surface area (Å²) in [6, 6.07) is 0.490. The van der Waals surface area contributed by atoms with Crippen molar-refractivity contribution in [1.82, 2.24) is 9.55 Å². The molecule has 3 rings (SSSR count). The highest BCUT2D eigenvalue weighted by molar-refractivity contribution is 5.80. The van der Waals surface area contributed by atoms with Gasteiger partial charge < -0.3 is 19.0 Å². The predicted octanol–water partition coefficient (Wildman–Crippen LogP) is 5.06. The molecule has 2 heterocycles. The number of carbonyl (C=O) groups is 1. The maximum Gasteiger partial charge on any atom is 0.297 e. The number of nitrogens with zero attached hydrogens (tertiary/aromatic N) is 2. The maximum absolute atomic E-state index is 14.7. The molecule has 2 aromatic rings. The first-order chi connectivity index (χ1) is 15.9. The molecule has 0 saturated carbocycles. The predicted molar refractivity (Wildman–Crippen MR) is 110 cm³/mol. The number of carbonyl (C=O) groups excluding carboxylic acids is 1. The zero-order valence-electron chi connectivity index (χ0n) is 18.9. The first kappa shape index (κ1) is 26.1. The zero-order chi connectivity index (χ0) is 25.2. The van der Waals surface area contributed by atoms with Gasteiger partial charge in [0.15, 0.2) is 17.4 Å². The number of ether oxygens (including phenoxy) is 3. The van der Waals surface area contributed by atoms with E-state index in [0.29, 0.717) is 12.5 Å². The Labute approximate surface area is 192 Å². The third-order valence-electron chi connectivity index (χ3n) is 5.74. The number of benzene rings is 1. The molecule has 0 radical (unpaired) electrons. The van der Waals surface area contributed by atoms with Crippen molar-refractivity contribution in [3.05, 3.63) is 17.7 Å². The molecule has 0 aliphatic carbocycles. The molecule has 0 unspecified atom stereocenters. The van der Waals surface area contributed by atoms with Crippen LogP contribution in [0.2, 0.25) is 0 Å². The van der Waals surface area contributed by atoms with Crippen LogP contribution in [0.3, 0.4) is 0 Å². The minimum atomic E-state index is -3.07. The Bertz CT molecular complexity index is 1020. The fourth-order valence-electron chi connectivity index (χ4n) is 3.89. The van der Waals surface area contributed by atoms with E-state index in [2.05, 4.69) is 9.72 Å². The molecule has 12 heteroatoms. The van der Waals surface area contributed by atoms with Gasteiger partial charge in [-0.25, -0.2) is 26.3 Å². The lowest BCUT2D eigenvalue weighted by Gasteiger charge is -2.32. The van der Waals surface area contributed by atoms with Crippen LogP contribution in [0.1, 0.15) is 39.5 Å². The SMILES string of the molecule is CC(=O)C[C@H](C)C(F)(F)C[C@H]1CC[C@H](Oc2nc3c(F)cc(OCC(F)F)c(F)c3n2C)CO1. The maximum atomic E-state index is 14.7. The van der Waals surface area contributed by atoms with Gasteiger partial charge in [-0.2, -0.15) is 4.98 Å². The normalized spacial score (nSPS) is 20.1. The van der Waals surface area contributed by atoms with Crippen LogP contribution in [-0.4, -0.2) is 53.1 Å². The first-order valence-electron chi connectivity index (χ1n) is 10.8. The second-order valence-corrected chi connectivity index (χ2v) is 8.57. The number of ketones is 1. The van der Waals surface area contributed by atoms with E-state index in [0.717, 1.165) is 4.57 Å².